The van der Waals surface area contributed by atoms with Crippen molar-refractivity contribution in [2.75, 3.05) is 6.54 Å². The van der Waals surface area contributed by atoms with Crippen LogP contribution in [-0.2, 0) is 11.2 Å². The molecule has 1 fully saturated rings. The minimum atomic E-state index is -4.50. The molecule has 3 rings (SSSR count). The summed E-state index contributed by atoms with van der Waals surface area (Å²) in [5.41, 5.74) is 2.91. The molecule has 1 aliphatic rings. The van der Waals surface area contributed by atoms with Crippen LogP contribution in [0.15, 0.2) is 36.4 Å². The van der Waals surface area contributed by atoms with Crippen LogP contribution in [0.25, 0.3) is 10.8 Å². The summed E-state index contributed by atoms with van der Waals surface area (Å²) in [4.78, 5) is 12.0. The molecular weight excluding hydrogens is 377 g/mol. The van der Waals surface area contributed by atoms with Crippen molar-refractivity contribution in [3.05, 3.63) is 47.5 Å². The third-order valence-electron chi connectivity index (χ3n) is 5.61. The van der Waals surface area contributed by atoms with Gasteiger partial charge in [0.05, 0.1) is 5.41 Å². The van der Waals surface area contributed by atoms with Gasteiger partial charge in [-0.15, -0.1) is 0 Å². The Bertz CT molecular complexity index is 876. The Labute approximate surface area is 170 Å². The van der Waals surface area contributed by atoms with E-state index in [-0.39, 0.29) is 18.0 Å². The number of halogens is 3. The lowest BCUT2D eigenvalue weighted by Gasteiger charge is -2.30. The predicted octanol–water partition coefficient (Wildman–Crippen LogP) is 5.94. The van der Waals surface area contributed by atoms with Gasteiger partial charge < -0.3 is 0 Å². The third kappa shape index (κ3) is 4.92. The fraction of sp³-hybridized carbons (Fsp3) is 0.522. The van der Waals surface area contributed by atoms with Crippen molar-refractivity contribution < 1.29 is 18.0 Å². The van der Waals surface area contributed by atoms with Crippen molar-refractivity contribution in [3.63, 3.8) is 0 Å². The molecule has 1 amide bonds. The zero-order valence-corrected chi connectivity index (χ0v) is 17.3. The van der Waals surface area contributed by atoms with Crippen molar-refractivity contribution in [2.45, 2.75) is 65.1 Å². The Morgan fingerprint density at radius 2 is 1.76 bits per heavy atom. The molecule has 6 heteroatoms. The minimum Gasteiger partial charge on any atom is -0.287 e. The SMILES string of the molecule is CCCCCCc1ccc2cc(C(N3CC(C)(C)C(=O)N3)C(F)(F)F)ccc2c1. The summed E-state index contributed by atoms with van der Waals surface area (Å²) in [6.45, 7) is 5.48. The van der Waals surface area contributed by atoms with Gasteiger partial charge in [0.25, 0.3) is 0 Å². The van der Waals surface area contributed by atoms with Crippen LogP contribution in [0, 0.1) is 5.41 Å². The largest absolute Gasteiger partial charge is 0.409 e. The number of nitrogens with zero attached hydrogens (tertiary/aromatic N) is 1. The Balaban J connectivity index is 1.85. The molecule has 0 radical (unpaired) electrons. The molecule has 2 aromatic rings. The van der Waals surface area contributed by atoms with Gasteiger partial charge in [-0.05, 0) is 54.7 Å². The number of rotatable bonds is 7. The molecule has 1 saturated heterocycles. The molecule has 1 heterocycles. The molecule has 2 aromatic carbocycles. The van der Waals surface area contributed by atoms with Gasteiger partial charge in [-0.3, -0.25) is 10.2 Å². The first-order valence-electron chi connectivity index (χ1n) is 10.3. The van der Waals surface area contributed by atoms with Gasteiger partial charge >= 0.3 is 6.18 Å². The topological polar surface area (TPSA) is 32.3 Å². The molecule has 0 saturated carbocycles. The summed E-state index contributed by atoms with van der Waals surface area (Å²) in [6, 6.07) is 8.96. The van der Waals surface area contributed by atoms with Crippen molar-refractivity contribution in [1.29, 1.82) is 0 Å². The van der Waals surface area contributed by atoms with Crippen LogP contribution in [0.1, 0.15) is 63.6 Å². The average Bonchev–Trinajstić information content (AvgIpc) is 2.90. The second-order valence-electron chi connectivity index (χ2n) is 8.65. The van der Waals surface area contributed by atoms with E-state index in [1.165, 1.54) is 30.9 Å². The quantitative estimate of drug-likeness (QED) is 0.577. The van der Waals surface area contributed by atoms with Crippen LogP contribution >= 0.6 is 0 Å². The number of nitrogens with one attached hydrogen (secondary N) is 1. The summed E-state index contributed by atoms with van der Waals surface area (Å²) in [5, 5.41) is 2.73. The molecule has 1 atom stereocenters. The van der Waals surface area contributed by atoms with Gasteiger partial charge in [0.15, 0.2) is 0 Å². The van der Waals surface area contributed by atoms with E-state index in [9.17, 15) is 18.0 Å². The van der Waals surface area contributed by atoms with Crippen molar-refractivity contribution in [2.24, 2.45) is 5.41 Å². The number of hydrogen-bond donors (Lipinski definition) is 1. The minimum absolute atomic E-state index is 0.00471. The number of benzene rings is 2. The second-order valence-corrected chi connectivity index (χ2v) is 8.65. The maximum absolute atomic E-state index is 13.9. The molecule has 1 unspecified atom stereocenters. The first-order chi connectivity index (χ1) is 13.6. The highest BCUT2D eigenvalue weighted by Crippen LogP contribution is 2.41. The Morgan fingerprint density at radius 3 is 2.38 bits per heavy atom. The van der Waals surface area contributed by atoms with Crippen LogP contribution in [0.2, 0.25) is 0 Å². The number of unbranched alkanes of at least 4 members (excludes halogenated alkanes) is 3. The molecule has 0 aliphatic carbocycles. The highest BCUT2D eigenvalue weighted by molar-refractivity contribution is 5.85. The van der Waals surface area contributed by atoms with Crippen LogP contribution in [0.5, 0.6) is 0 Å². The van der Waals surface area contributed by atoms with Gasteiger partial charge in [0.1, 0.15) is 6.04 Å². The molecule has 3 nitrogen and oxygen atoms in total. The first kappa shape index (κ1) is 21.6. The predicted molar refractivity (Wildman–Crippen MR) is 109 cm³/mol. The smallest absolute Gasteiger partial charge is 0.287 e. The molecule has 0 bridgehead atoms. The van der Waals surface area contributed by atoms with E-state index in [0.717, 1.165) is 28.6 Å². The molecule has 0 aromatic heterocycles. The standard InChI is InChI=1S/C23H29F3N2O/c1-4-5-6-7-8-16-9-10-18-14-19(12-11-17(18)13-16)20(23(24,25)26)28-15-22(2,3)21(29)27-28/h9-14,20H,4-8,15H2,1-3H3,(H,27,29). The normalized spacial score (nSPS) is 18.2. The van der Waals surface area contributed by atoms with E-state index < -0.39 is 17.6 Å². The lowest BCUT2D eigenvalue weighted by Crippen LogP contribution is -2.43. The summed E-state index contributed by atoms with van der Waals surface area (Å²) in [5.74, 6) is -0.389. The number of carbonyl (C=O) groups excluding carboxylic acids is 1. The second kappa shape index (κ2) is 8.34. The maximum atomic E-state index is 13.9. The lowest BCUT2D eigenvalue weighted by molar-refractivity contribution is -0.191. The van der Waals surface area contributed by atoms with Crippen molar-refractivity contribution in [3.8, 4) is 0 Å². The Kier molecular flexibility index (Phi) is 6.22. The van der Waals surface area contributed by atoms with Crippen molar-refractivity contribution >= 4 is 16.7 Å². The number of fused-ring (bicyclic) bond motifs is 1. The molecule has 29 heavy (non-hydrogen) atoms. The number of amides is 1. The highest BCUT2D eigenvalue weighted by atomic mass is 19.4. The summed E-state index contributed by atoms with van der Waals surface area (Å²) >= 11 is 0. The molecule has 1 aliphatic heterocycles. The van der Waals surface area contributed by atoms with Crippen LogP contribution in [0.3, 0.4) is 0 Å². The van der Waals surface area contributed by atoms with E-state index in [2.05, 4.69) is 18.4 Å². The maximum Gasteiger partial charge on any atom is 0.409 e. The zero-order valence-electron chi connectivity index (χ0n) is 17.3. The monoisotopic (exact) mass is 406 g/mol. The van der Waals surface area contributed by atoms with Gasteiger partial charge in [-0.1, -0.05) is 56.5 Å². The third-order valence-corrected chi connectivity index (χ3v) is 5.61. The number of carbonyl (C=O) groups is 1. The van der Waals surface area contributed by atoms with Crippen molar-refractivity contribution in [1.82, 2.24) is 10.4 Å². The van der Waals surface area contributed by atoms with Gasteiger partial charge in [-0.25, -0.2) is 5.01 Å². The number of hydrogen-bond acceptors (Lipinski definition) is 2. The van der Waals surface area contributed by atoms with Crippen LogP contribution in [0.4, 0.5) is 13.2 Å². The number of aryl methyl sites for hydroxylation is 1. The number of hydrazine groups is 1. The van der Waals surface area contributed by atoms with Gasteiger partial charge in [0.2, 0.25) is 5.91 Å². The fourth-order valence-electron chi connectivity index (χ4n) is 3.92. The Morgan fingerprint density at radius 1 is 1.07 bits per heavy atom. The summed E-state index contributed by atoms with van der Waals surface area (Å²) < 4.78 is 41.7. The van der Waals surface area contributed by atoms with E-state index in [0.29, 0.717) is 0 Å². The summed E-state index contributed by atoms with van der Waals surface area (Å²) in [7, 11) is 0. The molecular formula is C23H29F3N2O. The van der Waals surface area contributed by atoms with E-state index in [4.69, 9.17) is 0 Å². The van der Waals surface area contributed by atoms with Gasteiger partial charge in [-0.2, -0.15) is 13.2 Å². The zero-order chi connectivity index (χ0) is 21.2. The molecule has 1 N–H and O–H groups in total. The molecule has 158 valence electrons. The average molecular weight is 406 g/mol. The Hall–Kier alpha value is -2.08. The van der Waals surface area contributed by atoms with E-state index >= 15 is 0 Å². The van der Waals surface area contributed by atoms with Crippen LogP contribution in [-0.4, -0.2) is 23.6 Å². The van der Waals surface area contributed by atoms with Gasteiger partial charge in [0, 0.05) is 6.54 Å². The van der Waals surface area contributed by atoms with E-state index in [1.54, 1.807) is 26.0 Å². The van der Waals surface area contributed by atoms with E-state index in [1.807, 2.05) is 12.1 Å². The fourth-order valence-corrected chi connectivity index (χ4v) is 3.92. The number of alkyl halides is 3. The highest BCUT2D eigenvalue weighted by Gasteiger charge is 2.51. The first-order valence-corrected chi connectivity index (χ1v) is 10.3. The summed E-state index contributed by atoms with van der Waals surface area (Å²) in [6.07, 6.45) is 1.21. The van der Waals surface area contributed by atoms with Crippen LogP contribution < -0.4 is 5.43 Å². The lowest BCUT2D eigenvalue weighted by atomic mass is 9.93. The molecule has 0 spiro atoms.